The molecule has 0 fully saturated rings. The van der Waals surface area contributed by atoms with Crippen molar-refractivity contribution < 1.29 is 9.90 Å². The maximum Gasteiger partial charge on any atom is 0.320 e. The van der Waals surface area contributed by atoms with Crippen LogP contribution in [0.15, 0.2) is 12.1 Å². The van der Waals surface area contributed by atoms with Gasteiger partial charge in [-0.2, -0.15) is 5.26 Å². The van der Waals surface area contributed by atoms with E-state index in [4.69, 9.17) is 39.3 Å². The number of carboxylic acid groups (broad SMARTS) is 1. The molecule has 0 aliphatic carbocycles. The van der Waals surface area contributed by atoms with E-state index in [0.717, 1.165) is 5.56 Å². The van der Waals surface area contributed by atoms with E-state index < -0.39 is 12.0 Å². The predicted molar refractivity (Wildman–Crippen MR) is 65.1 cm³/mol. The molecule has 0 heterocycles. The maximum atomic E-state index is 10.5. The molecule has 1 rings (SSSR count). The van der Waals surface area contributed by atoms with E-state index in [1.165, 1.54) is 0 Å². The quantitative estimate of drug-likeness (QED) is 0.880. The highest BCUT2D eigenvalue weighted by Gasteiger charge is 2.13. The van der Waals surface area contributed by atoms with Gasteiger partial charge in [-0.3, -0.25) is 4.79 Å². The van der Waals surface area contributed by atoms with Gasteiger partial charge in [-0.15, -0.1) is 0 Å². The fourth-order valence-corrected chi connectivity index (χ4v) is 1.71. The van der Waals surface area contributed by atoms with Crippen LogP contribution in [-0.4, -0.2) is 17.1 Å². The van der Waals surface area contributed by atoms with Gasteiger partial charge in [-0.1, -0.05) is 23.2 Å². The average molecular weight is 273 g/mol. The normalized spacial score (nSPS) is 11.9. The zero-order valence-corrected chi connectivity index (χ0v) is 10.3. The number of hydrogen-bond donors (Lipinski definition) is 2. The number of halogens is 2. The Labute approximate surface area is 109 Å². The highest BCUT2D eigenvalue weighted by Crippen LogP contribution is 2.27. The van der Waals surface area contributed by atoms with E-state index in [0.29, 0.717) is 6.42 Å². The Bertz CT molecular complexity index is 483. The Balaban J connectivity index is 2.83. The van der Waals surface area contributed by atoms with Gasteiger partial charge in [0, 0.05) is 0 Å². The van der Waals surface area contributed by atoms with Crippen molar-refractivity contribution in [1.82, 2.24) is 0 Å². The lowest BCUT2D eigenvalue weighted by atomic mass is 10.0. The van der Waals surface area contributed by atoms with Crippen LogP contribution in [-0.2, 0) is 11.2 Å². The second-order valence-corrected chi connectivity index (χ2v) is 4.32. The summed E-state index contributed by atoms with van der Waals surface area (Å²) in [5.74, 6) is -1.05. The summed E-state index contributed by atoms with van der Waals surface area (Å²) in [5, 5.41) is 17.9. The van der Waals surface area contributed by atoms with Crippen LogP contribution in [0, 0.1) is 11.3 Å². The first-order valence-corrected chi connectivity index (χ1v) is 5.57. The fourth-order valence-electron chi connectivity index (χ4n) is 1.32. The van der Waals surface area contributed by atoms with Crippen molar-refractivity contribution >= 4 is 29.2 Å². The highest BCUT2D eigenvalue weighted by molar-refractivity contribution is 6.42. The Morgan fingerprint density at radius 2 is 2.18 bits per heavy atom. The fraction of sp³-hybridized carbons (Fsp3) is 0.273. The minimum atomic E-state index is -1.05. The third-order valence-electron chi connectivity index (χ3n) is 2.27. The van der Waals surface area contributed by atoms with Crippen LogP contribution in [0.2, 0.25) is 10.0 Å². The lowest BCUT2D eigenvalue weighted by Gasteiger charge is -2.08. The first-order valence-electron chi connectivity index (χ1n) is 4.82. The molecule has 0 aromatic heterocycles. The summed E-state index contributed by atoms with van der Waals surface area (Å²) in [5.41, 5.74) is 6.40. The summed E-state index contributed by atoms with van der Waals surface area (Å²) in [6, 6.07) is 4.20. The molecular weight excluding hydrogens is 263 g/mol. The Morgan fingerprint density at radius 1 is 1.53 bits per heavy atom. The van der Waals surface area contributed by atoms with Crippen LogP contribution in [0.25, 0.3) is 0 Å². The number of nitriles is 1. The molecule has 3 N–H and O–H groups in total. The van der Waals surface area contributed by atoms with Gasteiger partial charge in [-0.25, -0.2) is 0 Å². The van der Waals surface area contributed by atoms with E-state index in [1.54, 1.807) is 12.1 Å². The second-order valence-electron chi connectivity index (χ2n) is 3.53. The van der Waals surface area contributed by atoms with Crippen LogP contribution in [0.4, 0.5) is 0 Å². The largest absolute Gasteiger partial charge is 0.480 e. The monoisotopic (exact) mass is 272 g/mol. The third kappa shape index (κ3) is 3.60. The Hall–Kier alpha value is -1.28. The predicted octanol–water partition coefficient (Wildman–Crippen LogP) is 2.21. The minimum absolute atomic E-state index is 0.209. The zero-order chi connectivity index (χ0) is 13.0. The van der Waals surface area contributed by atoms with Gasteiger partial charge in [-0.05, 0) is 30.5 Å². The van der Waals surface area contributed by atoms with Crippen molar-refractivity contribution in [3.8, 4) is 6.07 Å². The summed E-state index contributed by atoms with van der Waals surface area (Å²) in [7, 11) is 0. The van der Waals surface area contributed by atoms with E-state index in [2.05, 4.69) is 0 Å². The van der Waals surface area contributed by atoms with Crippen LogP contribution in [0.1, 0.15) is 17.5 Å². The number of hydrogen-bond acceptors (Lipinski definition) is 3. The molecule has 0 bridgehead atoms. The molecule has 90 valence electrons. The molecule has 1 aromatic carbocycles. The number of carbonyl (C=O) groups is 1. The lowest BCUT2D eigenvalue weighted by Crippen LogP contribution is -2.30. The van der Waals surface area contributed by atoms with Crippen molar-refractivity contribution in [3.63, 3.8) is 0 Å². The number of nitrogens with two attached hydrogens (primary N) is 1. The number of aryl methyl sites for hydroxylation is 1. The number of nitrogens with zero attached hydrogens (tertiary/aromatic N) is 1. The number of aliphatic carboxylic acids is 1. The van der Waals surface area contributed by atoms with Gasteiger partial charge in [0.2, 0.25) is 0 Å². The molecule has 6 heteroatoms. The van der Waals surface area contributed by atoms with Gasteiger partial charge >= 0.3 is 5.97 Å². The smallest absolute Gasteiger partial charge is 0.320 e. The first-order chi connectivity index (χ1) is 7.95. The molecule has 0 aliphatic heterocycles. The SMILES string of the molecule is N#Cc1cc(CCC(N)C(=O)O)cc(Cl)c1Cl. The molecule has 0 amide bonds. The van der Waals surface area contributed by atoms with E-state index >= 15 is 0 Å². The maximum absolute atomic E-state index is 10.5. The van der Waals surface area contributed by atoms with Crippen molar-refractivity contribution in [2.24, 2.45) is 5.73 Å². The van der Waals surface area contributed by atoms with Crippen molar-refractivity contribution in [2.75, 3.05) is 0 Å². The van der Waals surface area contributed by atoms with Crippen molar-refractivity contribution in [1.29, 1.82) is 5.26 Å². The Morgan fingerprint density at radius 3 is 2.71 bits per heavy atom. The lowest BCUT2D eigenvalue weighted by molar-refractivity contribution is -0.138. The van der Waals surface area contributed by atoms with Gasteiger partial charge in [0.1, 0.15) is 12.1 Å². The van der Waals surface area contributed by atoms with Gasteiger partial charge in [0.15, 0.2) is 0 Å². The molecule has 0 saturated heterocycles. The molecule has 0 spiro atoms. The van der Waals surface area contributed by atoms with Crippen LogP contribution < -0.4 is 5.73 Å². The van der Waals surface area contributed by atoms with E-state index in [9.17, 15) is 4.79 Å². The van der Waals surface area contributed by atoms with Crippen LogP contribution in [0.5, 0.6) is 0 Å². The molecule has 1 atom stereocenters. The van der Waals surface area contributed by atoms with Crippen LogP contribution in [0.3, 0.4) is 0 Å². The molecule has 1 aromatic rings. The standard InChI is InChI=1S/C11H10Cl2N2O2/c12-8-4-6(1-2-9(15)11(16)17)3-7(5-14)10(8)13/h3-4,9H,1-2,15H2,(H,16,17). The van der Waals surface area contributed by atoms with Gasteiger partial charge in [0.25, 0.3) is 0 Å². The van der Waals surface area contributed by atoms with E-state index in [-0.39, 0.29) is 22.0 Å². The van der Waals surface area contributed by atoms with Crippen molar-refractivity contribution in [2.45, 2.75) is 18.9 Å². The molecule has 4 nitrogen and oxygen atoms in total. The average Bonchev–Trinajstić information content (AvgIpc) is 2.29. The summed E-state index contributed by atoms with van der Waals surface area (Å²) < 4.78 is 0. The summed E-state index contributed by atoms with van der Waals surface area (Å²) in [6.45, 7) is 0. The van der Waals surface area contributed by atoms with Gasteiger partial charge in [0.05, 0.1) is 15.6 Å². The van der Waals surface area contributed by atoms with Crippen molar-refractivity contribution in [3.05, 3.63) is 33.3 Å². The number of carboxylic acids is 1. The Kier molecular flexibility index (Phi) is 4.76. The minimum Gasteiger partial charge on any atom is -0.480 e. The van der Waals surface area contributed by atoms with Gasteiger partial charge < -0.3 is 10.8 Å². The molecule has 0 saturated carbocycles. The second kappa shape index (κ2) is 5.87. The molecule has 0 radical (unpaired) electrons. The summed E-state index contributed by atoms with van der Waals surface area (Å²) in [6.07, 6.45) is 0.706. The third-order valence-corrected chi connectivity index (χ3v) is 3.07. The molecule has 1 unspecified atom stereocenters. The number of benzene rings is 1. The highest BCUT2D eigenvalue weighted by atomic mass is 35.5. The molecule has 17 heavy (non-hydrogen) atoms. The number of rotatable bonds is 4. The first kappa shape index (κ1) is 13.8. The summed E-state index contributed by atoms with van der Waals surface area (Å²) in [4.78, 5) is 10.5. The molecular formula is C11H10Cl2N2O2. The van der Waals surface area contributed by atoms with Crippen LogP contribution >= 0.6 is 23.2 Å². The van der Waals surface area contributed by atoms with E-state index in [1.807, 2.05) is 6.07 Å². The molecule has 0 aliphatic rings. The summed E-state index contributed by atoms with van der Waals surface area (Å²) >= 11 is 11.7. The topological polar surface area (TPSA) is 87.1 Å². The zero-order valence-electron chi connectivity index (χ0n) is 8.78.